The van der Waals surface area contributed by atoms with E-state index in [2.05, 4.69) is 0 Å². The number of carbonyl (C=O) groups is 2. The summed E-state index contributed by atoms with van der Waals surface area (Å²) in [5.74, 6) is -4.14. The lowest BCUT2D eigenvalue weighted by Gasteiger charge is -2.16. The Kier molecular flexibility index (Phi) is 9.44. The molecule has 11 heteroatoms. The highest BCUT2D eigenvalue weighted by molar-refractivity contribution is 6.30. The normalized spacial score (nSPS) is 11.9. The molecular weight excluding hydrogens is 580 g/mol. The second-order valence-electron chi connectivity index (χ2n) is 9.18. The van der Waals surface area contributed by atoms with Gasteiger partial charge in [-0.3, -0.25) is 0 Å². The van der Waals surface area contributed by atoms with Gasteiger partial charge in [0.25, 0.3) is 0 Å². The molecule has 0 aliphatic carbocycles. The molecule has 0 amide bonds. The van der Waals surface area contributed by atoms with E-state index in [1.165, 1.54) is 78.9 Å². The summed E-state index contributed by atoms with van der Waals surface area (Å²) in [6.45, 7) is 0. The summed E-state index contributed by atoms with van der Waals surface area (Å²) in [5.41, 5.74) is 1.23. The zero-order chi connectivity index (χ0) is 31.1. The van der Waals surface area contributed by atoms with Gasteiger partial charge in [-0.05, 0) is 77.4 Å². The van der Waals surface area contributed by atoms with Gasteiger partial charge in [-0.2, -0.15) is 0 Å². The Labute approximate surface area is 250 Å². The molecule has 0 aromatic heterocycles. The molecule has 10 nitrogen and oxygen atoms in total. The average Bonchev–Trinajstić information content (AvgIpc) is 2.96. The molecule has 43 heavy (non-hydrogen) atoms. The van der Waals surface area contributed by atoms with Crippen molar-refractivity contribution in [3.05, 3.63) is 106 Å². The molecule has 1 atom stereocenters. The standard InChI is InChI=1S/C32H25ClO10/c33-21-2-1-3-22(17-21)42-32(41)29(16-19-6-11-25(35)28(38)15-19)43-30(39)13-8-20-7-12-26(36)31(40)23(20)9-4-18-5-10-24(34)27(37)14-18/h1-15,17,29,34-38,40H,16H2/b9-4+,13-8+. The molecule has 6 N–H and O–H groups in total. The lowest BCUT2D eigenvalue weighted by atomic mass is 10.0. The predicted octanol–water partition coefficient (Wildman–Crippen LogP) is 5.52. The third kappa shape index (κ3) is 7.99. The van der Waals surface area contributed by atoms with Gasteiger partial charge in [0.1, 0.15) is 5.75 Å². The lowest BCUT2D eigenvalue weighted by molar-refractivity contribution is -0.158. The number of hydrogen-bond donors (Lipinski definition) is 6. The smallest absolute Gasteiger partial charge is 0.353 e. The van der Waals surface area contributed by atoms with E-state index in [-0.39, 0.29) is 40.5 Å². The van der Waals surface area contributed by atoms with Gasteiger partial charge in [-0.25, -0.2) is 9.59 Å². The fourth-order valence-corrected chi connectivity index (χ4v) is 4.07. The Hall–Kier alpha value is -5.61. The maximum Gasteiger partial charge on any atom is 0.353 e. The molecule has 0 aliphatic heterocycles. The van der Waals surface area contributed by atoms with Crippen molar-refractivity contribution in [1.29, 1.82) is 0 Å². The number of halogens is 1. The van der Waals surface area contributed by atoms with Gasteiger partial charge >= 0.3 is 11.9 Å². The maximum atomic E-state index is 13.0. The summed E-state index contributed by atoms with van der Waals surface area (Å²) in [6, 6.07) is 16.6. The van der Waals surface area contributed by atoms with Crippen LogP contribution in [-0.4, -0.2) is 48.7 Å². The average molecular weight is 605 g/mol. The van der Waals surface area contributed by atoms with Crippen LogP contribution in [0.25, 0.3) is 18.2 Å². The Bertz CT molecular complexity index is 1730. The first-order chi connectivity index (χ1) is 20.5. The molecule has 0 spiro atoms. The first-order valence-electron chi connectivity index (χ1n) is 12.6. The Balaban J connectivity index is 1.57. The Morgan fingerprint density at radius 1 is 0.744 bits per heavy atom. The Morgan fingerprint density at radius 3 is 2.14 bits per heavy atom. The van der Waals surface area contributed by atoms with Gasteiger partial charge in [-0.1, -0.05) is 41.9 Å². The number of hydrogen-bond acceptors (Lipinski definition) is 10. The summed E-state index contributed by atoms with van der Waals surface area (Å²) in [6.07, 6.45) is 3.53. The van der Waals surface area contributed by atoms with Gasteiger partial charge < -0.3 is 40.1 Å². The molecule has 1 unspecified atom stereocenters. The minimum Gasteiger partial charge on any atom is -0.504 e. The van der Waals surface area contributed by atoms with E-state index < -0.39 is 35.3 Å². The first-order valence-corrected chi connectivity index (χ1v) is 13.0. The molecule has 0 radical (unpaired) electrons. The molecule has 0 saturated heterocycles. The monoisotopic (exact) mass is 604 g/mol. The van der Waals surface area contributed by atoms with Crippen LogP contribution in [0, 0.1) is 0 Å². The van der Waals surface area contributed by atoms with Crippen LogP contribution in [0.15, 0.2) is 78.9 Å². The van der Waals surface area contributed by atoms with E-state index in [1.807, 2.05) is 0 Å². The lowest BCUT2D eigenvalue weighted by Crippen LogP contribution is -2.32. The van der Waals surface area contributed by atoms with Gasteiger partial charge in [0.15, 0.2) is 34.5 Å². The molecule has 0 bridgehead atoms. The fourth-order valence-electron chi connectivity index (χ4n) is 3.89. The minimum absolute atomic E-state index is 0.112. The van der Waals surface area contributed by atoms with E-state index in [0.717, 1.165) is 6.08 Å². The van der Waals surface area contributed by atoms with Crippen LogP contribution in [0.5, 0.6) is 40.2 Å². The zero-order valence-electron chi connectivity index (χ0n) is 22.2. The highest BCUT2D eigenvalue weighted by Crippen LogP contribution is 2.34. The fraction of sp³-hybridized carbons (Fsp3) is 0.0625. The van der Waals surface area contributed by atoms with Crippen molar-refractivity contribution < 1.29 is 49.7 Å². The zero-order valence-corrected chi connectivity index (χ0v) is 23.0. The van der Waals surface area contributed by atoms with Crippen molar-refractivity contribution in [3.63, 3.8) is 0 Å². The van der Waals surface area contributed by atoms with E-state index in [9.17, 15) is 40.2 Å². The molecule has 4 rings (SSSR count). The number of ether oxygens (including phenoxy) is 2. The molecule has 0 fully saturated rings. The van der Waals surface area contributed by atoms with Crippen molar-refractivity contribution in [3.8, 4) is 40.2 Å². The summed E-state index contributed by atoms with van der Waals surface area (Å²) in [5, 5.41) is 59.5. The highest BCUT2D eigenvalue weighted by Gasteiger charge is 2.26. The van der Waals surface area contributed by atoms with E-state index in [1.54, 1.807) is 12.1 Å². The van der Waals surface area contributed by atoms with Crippen LogP contribution in [-0.2, 0) is 20.7 Å². The van der Waals surface area contributed by atoms with Gasteiger partial charge in [-0.15, -0.1) is 0 Å². The molecule has 4 aromatic rings. The van der Waals surface area contributed by atoms with Crippen molar-refractivity contribution in [2.24, 2.45) is 0 Å². The maximum absolute atomic E-state index is 13.0. The second kappa shape index (κ2) is 13.4. The summed E-state index contributed by atoms with van der Waals surface area (Å²) in [4.78, 5) is 25.9. The summed E-state index contributed by atoms with van der Waals surface area (Å²) < 4.78 is 10.7. The minimum atomic E-state index is -1.48. The summed E-state index contributed by atoms with van der Waals surface area (Å²) in [7, 11) is 0. The predicted molar refractivity (Wildman–Crippen MR) is 158 cm³/mol. The molecule has 220 valence electrons. The van der Waals surface area contributed by atoms with Crippen molar-refractivity contribution >= 4 is 41.8 Å². The topological polar surface area (TPSA) is 174 Å². The number of phenolic OH excluding ortho intramolecular Hbond substituents is 6. The molecule has 0 heterocycles. The highest BCUT2D eigenvalue weighted by atomic mass is 35.5. The van der Waals surface area contributed by atoms with Gasteiger partial charge in [0.2, 0.25) is 6.10 Å². The number of esters is 2. The van der Waals surface area contributed by atoms with E-state index >= 15 is 0 Å². The number of aromatic hydroxyl groups is 6. The summed E-state index contributed by atoms with van der Waals surface area (Å²) >= 11 is 5.96. The van der Waals surface area contributed by atoms with Crippen molar-refractivity contribution in [2.45, 2.75) is 12.5 Å². The van der Waals surface area contributed by atoms with E-state index in [0.29, 0.717) is 16.1 Å². The number of phenols is 6. The SMILES string of the molecule is O=C(/C=C/c1ccc(O)c(O)c1/C=C/c1ccc(O)c(O)c1)OC(Cc1ccc(O)c(O)c1)C(=O)Oc1cccc(Cl)c1. The van der Waals surface area contributed by atoms with Crippen LogP contribution < -0.4 is 4.74 Å². The Morgan fingerprint density at radius 2 is 1.44 bits per heavy atom. The van der Waals surface area contributed by atoms with Crippen molar-refractivity contribution in [2.75, 3.05) is 0 Å². The van der Waals surface area contributed by atoms with Crippen LogP contribution in [0.4, 0.5) is 0 Å². The number of benzene rings is 4. The van der Waals surface area contributed by atoms with Gasteiger partial charge in [0.05, 0.1) is 0 Å². The third-order valence-corrected chi connectivity index (χ3v) is 6.30. The van der Waals surface area contributed by atoms with Crippen molar-refractivity contribution in [1.82, 2.24) is 0 Å². The van der Waals surface area contributed by atoms with E-state index in [4.69, 9.17) is 21.1 Å². The van der Waals surface area contributed by atoms with Crippen LogP contribution in [0.3, 0.4) is 0 Å². The molecule has 0 saturated carbocycles. The molecular formula is C32H25ClO10. The third-order valence-electron chi connectivity index (χ3n) is 6.07. The van der Waals surface area contributed by atoms with Crippen LogP contribution in [0.2, 0.25) is 5.02 Å². The molecule has 0 aliphatic rings. The van der Waals surface area contributed by atoms with Crippen LogP contribution >= 0.6 is 11.6 Å². The quantitative estimate of drug-likeness (QED) is 0.0469. The van der Waals surface area contributed by atoms with Gasteiger partial charge in [0, 0.05) is 23.1 Å². The first kappa shape index (κ1) is 30.4. The largest absolute Gasteiger partial charge is 0.504 e. The van der Waals surface area contributed by atoms with Crippen LogP contribution in [0.1, 0.15) is 22.3 Å². The second-order valence-corrected chi connectivity index (χ2v) is 9.62. The number of carbonyl (C=O) groups excluding carboxylic acids is 2. The molecule has 4 aromatic carbocycles. The number of rotatable bonds is 9.